The van der Waals surface area contributed by atoms with Gasteiger partial charge < -0.3 is 4.90 Å². The predicted octanol–water partition coefficient (Wildman–Crippen LogP) is 1.85. The molecule has 1 N–H and O–H groups in total. The van der Waals surface area contributed by atoms with Crippen LogP contribution in [-0.2, 0) is 29.0 Å². The van der Waals surface area contributed by atoms with Crippen LogP contribution in [0, 0.1) is 0 Å². The van der Waals surface area contributed by atoms with Gasteiger partial charge in [0, 0.05) is 25.1 Å². The molecule has 0 radical (unpaired) electrons. The first-order chi connectivity index (χ1) is 15.9. The van der Waals surface area contributed by atoms with Gasteiger partial charge in [-0.25, -0.2) is 0 Å². The third-order valence-electron chi connectivity index (χ3n) is 6.67. The van der Waals surface area contributed by atoms with Gasteiger partial charge >= 0.3 is 0 Å². The lowest BCUT2D eigenvalue weighted by molar-refractivity contribution is -0.136. The lowest BCUT2D eigenvalue weighted by Gasteiger charge is -2.29. The Morgan fingerprint density at radius 3 is 2.52 bits per heavy atom. The van der Waals surface area contributed by atoms with Gasteiger partial charge in [-0.05, 0) is 54.2 Å². The third kappa shape index (κ3) is 3.51. The zero-order valence-corrected chi connectivity index (χ0v) is 18.2. The molecule has 0 spiro atoms. The van der Waals surface area contributed by atoms with Crippen LogP contribution in [0.25, 0.3) is 0 Å². The molecule has 3 aliphatic heterocycles. The molecule has 3 heterocycles. The first-order valence-corrected chi connectivity index (χ1v) is 11.1. The van der Waals surface area contributed by atoms with Crippen molar-refractivity contribution in [2.75, 3.05) is 6.54 Å². The number of imide groups is 2. The first kappa shape index (κ1) is 21.1. The zero-order valence-electron chi connectivity index (χ0n) is 18.2. The summed E-state index contributed by atoms with van der Waals surface area (Å²) in [6.45, 7) is 3.16. The van der Waals surface area contributed by atoms with Crippen molar-refractivity contribution < 1.29 is 24.0 Å². The van der Waals surface area contributed by atoms with E-state index < -0.39 is 29.7 Å². The standard InChI is InChI=1S/C25H23N3O5/c1-2-14-3-4-15-9-10-27(13-17(15)11-14)23(31)16-5-6-18-19(12-16)25(33)28(24(18)32)20-7-8-21(29)26-22(20)30/h3-6,11-12,20H,2,7-10,13H2,1H3,(H,26,29,30). The highest BCUT2D eigenvalue weighted by atomic mass is 16.2. The number of rotatable bonds is 3. The van der Waals surface area contributed by atoms with Crippen molar-refractivity contribution in [3.63, 3.8) is 0 Å². The Hall–Kier alpha value is -3.81. The number of carbonyl (C=O) groups excluding carboxylic acids is 5. The fraction of sp³-hybridized carbons (Fsp3) is 0.320. The molecule has 5 amide bonds. The largest absolute Gasteiger partial charge is 0.334 e. The van der Waals surface area contributed by atoms with Gasteiger partial charge in [-0.15, -0.1) is 0 Å². The maximum absolute atomic E-state index is 13.2. The number of benzene rings is 2. The number of piperidine rings is 1. The van der Waals surface area contributed by atoms with Crippen LogP contribution in [0.4, 0.5) is 0 Å². The Labute approximate surface area is 190 Å². The number of hydrogen-bond acceptors (Lipinski definition) is 5. The molecule has 1 unspecified atom stereocenters. The maximum Gasteiger partial charge on any atom is 0.262 e. The quantitative estimate of drug-likeness (QED) is 0.727. The summed E-state index contributed by atoms with van der Waals surface area (Å²) >= 11 is 0. The summed E-state index contributed by atoms with van der Waals surface area (Å²) in [6.07, 6.45) is 1.83. The average molecular weight is 445 g/mol. The van der Waals surface area contributed by atoms with E-state index in [4.69, 9.17) is 0 Å². The van der Waals surface area contributed by atoms with Crippen molar-refractivity contribution in [2.24, 2.45) is 0 Å². The predicted molar refractivity (Wildman–Crippen MR) is 117 cm³/mol. The minimum Gasteiger partial charge on any atom is -0.334 e. The summed E-state index contributed by atoms with van der Waals surface area (Å²) in [5, 5.41) is 2.18. The molecule has 0 aliphatic carbocycles. The fourth-order valence-corrected chi connectivity index (χ4v) is 4.79. The number of carbonyl (C=O) groups is 5. The van der Waals surface area contributed by atoms with Crippen molar-refractivity contribution in [3.8, 4) is 0 Å². The third-order valence-corrected chi connectivity index (χ3v) is 6.67. The minimum atomic E-state index is -1.03. The van der Waals surface area contributed by atoms with E-state index in [2.05, 4.69) is 30.4 Å². The summed E-state index contributed by atoms with van der Waals surface area (Å²) in [4.78, 5) is 65.4. The normalized spacial score (nSPS) is 20.0. The molecule has 1 fully saturated rings. The molecule has 8 nitrogen and oxygen atoms in total. The van der Waals surface area contributed by atoms with Gasteiger partial charge in [0.15, 0.2) is 0 Å². The molecule has 1 saturated heterocycles. The summed E-state index contributed by atoms with van der Waals surface area (Å²) in [5.74, 6) is -2.48. The molecule has 0 saturated carbocycles. The molecule has 1 atom stereocenters. The maximum atomic E-state index is 13.2. The van der Waals surface area contributed by atoms with Crippen LogP contribution >= 0.6 is 0 Å². The summed E-state index contributed by atoms with van der Waals surface area (Å²) in [7, 11) is 0. The second-order valence-electron chi connectivity index (χ2n) is 8.64. The first-order valence-electron chi connectivity index (χ1n) is 11.1. The van der Waals surface area contributed by atoms with Crippen molar-refractivity contribution in [3.05, 3.63) is 69.8 Å². The summed E-state index contributed by atoms with van der Waals surface area (Å²) < 4.78 is 0. The van der Waals surface area contributed by atoms with E-state index in [1.54, 1.807) is 11.0 Å². The molecule has 0 bridgehead atoms. The van der Waals surface area contributed by atoms with Crippen molar-refractivity contribution in [2.45, 2.75) is 45.2 Å². The van der Waals surface area contributed by atoms with Crippen LogP contribution in [0.3, 0.4) is 0 Å². The molecular weight excluding hydrogens is 422 g/mol. The average Bonchev–Trinajstić information content (AvgIpc) is 3.07. The van der Waals surface area contributed by atoms with Gasteiger partial charge in [0.1, 0.15) is 6.04 Å². The van der Waals surface area contributed by atoms with Crippen LogP contribution in [0.15, 0.2) is 36.4 Å². The highest BCUT2D eigenvalue weighted by Crippen LogP contribution is 2.29. The molecule has 3 aliphatic rings. The van der Waals surface area contributed by atoms with Crippen LogP contribution in [0.2, 0.25) is 0 Å². The van der Waals surface area contributed by atoms with E-state index in [-0.39, 0.29) is 29.9 Å². The Morgan fingerprint density at radius 2 is 1.76 bits per heavy atom. The van der Waals surface area contributed by atoms with Gasteiger partial charge in [-0.2, -0.15) is 0 Å². The Bertz CT molecular complexity index is 1230. The van der Waals surface area contributed by atoms with Crippen LogP contribution in [0.1, 0.15) is 67.5 Å². The van der Waals surface area contributed by atoms with E-state index in [9.17, 15) is 24.0 Å². The van der Waals surface area contributed by atoms with Gasteiger partial charge in [-0.3, -0.25) is 34.2 Å². The Kier molecular flexibility index (Phi) is 5.08. The molecule has 8 heteroatoms. The van der Waals surface area contributed by atoms with Crippen molar-refractivity contribution in [1.82, 2.24) is 15.1 Å². The van der Waals surface area contributed by atoms with E-state index in [1.807, 2.05) is 0 Å². The highest BCUT2D eigenvalue weighted by Gasteiger charge is 2.44. The Morgan fingerprint density at radius 1 is 0.970 bits per heavy atom. The van der Waals surface area contributed by atoms with Crippen LogP contribution in [-0.4, -0.2) is 51.9 Å². The summed E-state index contributed by atoms with van der Waals surface area (Å²) in [5.41, 5.74) is 4.20. The van der Waals surface area contributed by atoms with E-state index in [0.29, 0.717) is 18.7 Å². The molecule has 0 aromatic heterocycles. The van der Waals surface area contributed by atoms with Gasteiger partial charge in [-0.1, -0.05) is 25.1 Å². The molecular formula is C25H23N3O5. The Balaban J connectivity index is 1.39. The number of fused-ring (bicyclic) bond motifs is 2. The molecule has 168 valence electrons. The van der Waals surface area contributed by atoms with Gasteiger partial charge in [0.2, 0.25) is 11.8 Å². The topological polar surface area (TPSA) is 104 Å². The van der Waals surface area contributed by atoms with E-state index >= 15 is 0 Å². The molecule has 33 heavy (non-hydrogen) atoms. The van der Waals surface area contributed by atoms with E-state index in [0.717, 1.165) is 23.3 Å². The van der Waals surface area contributed by atoms with Gasteiger partial charge in [0.05, 0.1) is 11.1 Å². The van der Waals surface area contributed by atoms with Crippen LogP contribution in [0.5, 0.6) is 0 Å². The lowest BCUT2D eigenvalue weighted by atomic mass is 9.96. The number of nitrogens with zero attached hydrogens (tertiary/aromatic N) is 2. The minimum absolute atomic E-state index is 0.0593. The monoisotopic (exact) mass is 445 g/mol. The SMILES string of the molecule is CCc1ccc2c(c1)CN(C(=O)c1ccc3c(c1)C(=O)N(C1CCC(=O)NC1=O)C3=O)CC2. The second-order valence-corrected chi connectivity index (χ2v) is 8.64. The number of hydrogen-bond donors (Lipinski definition) is 1. The molecule has 2 aromatic carbocycles. The molecule has 2 aromatic rings. The number of aryl methyl sites for hydroxylation is 1. The second kappa shape index (κ2) is 7.95. The smallest absolute Gasteiger partial charge is 0.262 e. The van der Waals surface area contributed by atoms with Crippen molar-refractivity contribution in [1.29, 1.82) is 0 Å². The molecule has 5 rings (SSSR count). The number of nitrogens with one attached hydrogen (secondary N) is 1. The van der Waals surface area contributed by atoms with E-state index in [1.165, 1.54) is 23.3 Å². The summed E-state index contributed by atoms with van der Waals surface area (Å²) in [6, 6.07) is 9.83. The van der Waals surface area contributed by atoms with Crippen molar-refractivity contribution >= 4 is 29.5 Å². The number of amides is 5. The zero-order chi connectivity index (χ0) is 23.3. The lowest BCUT2D eigenvalue weighted by Crippen LogP contribution is -2.54. The highest BCUT2D eigenvalue weighted by molar-refractivity contribution is 6.24. The van der Waals surface area contributed by atoms with Gasteiger partial charge in [0.25, 0.3) is 17.7 Å². The van der Waals surface area contributed by atoms with Crippen LogP contribution < -0.4 is 5.32 Å². The fourth-order valence-electron chi connectivity index (χ4n) is 4.79.